The van der Waals surface area contributed by atoms with Crippen molar-refractivity contribution in [3.8, 4) is 5.75 Å². The van der Waals surface area contributed by atoms with Crippen LogP contribution in [-0.4, -0.2) is 46.6 Å². The van der Waals surface area contributed by atoms with E-state index in [4.69, 9.17) is 9.84 Å². The average Bonchev–Trinajstić information content (AvgIpc) is 3.10. The van der Waals surface area contributed by atoms with Crippen LogP contribution in [0.5, 0.6) is 5.75 Å². The standard InChI is InChI=1S/C27H27NO5/c1-2-3-13-28-24(20-9-6-10-22(17-20)33-15-14-29)23(26(31)27(28)32)25(30)21-12-11-18-7-4-5-8-19(18)16-21/h4-12,16-17,24,29-30H,2-3,13-15H2,1H3/b25-23-. The number of ketones is 1. The fraction of sp³-hybridized carbons (Fsp3) is 0.259. The number of aliphatic hydroxyl groups excluding tert-OH is 2. The van der Waals surface area contributed by atoms with E-state index >= 15 is 0 Å². The predicted molar refractivity (Wildman–Crippen MR) is 127 cm³/mol. The van der Waals surface area contributed by atoms with Crippen LogP contribution in [0.4, 0.5) is 0 Å². The number of Topliss-reactive ketones (excluding diaryl/α,β-unsaturated/α-hetero) is 1. The molecule has 170 valence electrons. The number of hydrogen-bond acceptors (Lipinski definition) is 5. The van der Waals surface area contributed by atoms with Gasteiger partial charge in [0.2, 0.25) is 0 Å². The molecule has 4 rings (SSSR count). The Morgan fingerprint density at radius 1 is 1.00 bits per heavy atom. The molecule has 1 aliphatic heterocycles. The molecule has 1 saturated heterocycles. The van der Waals surface area contributed by atoms with Crippen molar-refractivity contribution in [2.24, 2.45) is 0 Å². The summed E-state index contributed by atoms with van der Waals surface area (Å²) in [5, 5.41) is 22.3. The second kappa shape index (κ2) is 9.88. The Balaban J connectivity index is 1.84. The Bertz CT molecular complexity index is 1220. The van der Waals surface area contributed by atoms with E-state index in [1.165, 1.54) is 4.90 Å². The van der Waals surface area contributed by atoms with Crippen molar-refractivity contribution in [1.82, 2.24) is 4.90 Å². The molecule has 0 saturated carbocycles. The van der Waals surface area contributed by atoms with Crippen molar-refractivity contribution in [2.75, 3.05) is 19.8 Å². The Labute approximate surface area is 192 Å². The lowest BCUT2D eigenvalue weighted by Gasteiger charge is -2.25. The molecule has 0 spiro atoms. The van der Waals surface area contributed by atoms with E-state index in [1.54, 1.807) is 24.3 Å². The van der Waals surface area contributed by atoms with Crippen LogP contribution in [0.3, 0.4) is 0 Å². The maximum atomic E-state index is 13.1. The maximum Gasteiger partial charge on any atom is 0.295 e. The molecule has 33 heavy (non-hydrogen) atoms. The number of carbonyl (C=O) groups is 2. The Morgan fingerprint density at radius 2 is 1.79 bits per heavy atom. The third kappa shape index (κ3) is 4.47. The molecule has 3 aromatic carbocycles. The summed E-state index contributed by atoms with van der Waals surface area (Å²) in [6.07, 6.45) is 1.60. The summed E-state index contributed by atoms with van der Waals surface area (Å²) in [5.74, 6) is -0.973. The highest BCUT2D eigenvalue weighted by molar-refractivity contribution is 6.46. The van der Waals surface area contributed by atoms with E-state index in [-0.39, 0.29) is 24.5 Å². The van der Waals surface area contributed by atoms with Crippen molar-refractivity contribution >= 4 is 28.2 Å². The number of amides is 1. The van der Waals surface area contributed by atoms with Gasteiger partial charge in [-0.2, -0.15) is 0 Å². The number of ether oxygens (including phenoxy) is 1. The molecule has 1 fully saturated rings. The van der Waals surface area contributed by atoms with Crippen LogP contribution in [0.2, 0.25) is 0 Å². The van der Waals surface area contributed by atoms with Gasteiger partial charge in [-0.1, -0.05) is 61.9 Å². The third-order valence-electron chi connectivity index (χ3n) is 5.85. The van der Waals surface area contributed by atoms with E-state index in [0.29, 0.717) is 23.4 Å². The van der Waals surface area contributed by atoms with Crippen LogP contribution in [0.25, 0.3) is 16.5 Å². The van der Waals surface area contributed by atoms with Gasteiger partial charge in [-0.15, -0.1) is 0 Å². The summed E-state index contributed by atoms with van der Waals surface area (Å²) < 4.78 is 5.54. The molecule has 1 heterocycles. The number of nitrogens with zero attached hydrogens (tertiary/aromatic N) is 1. The summed E-state index contributed by atoms with van der Waals surface area (Å²) in [5.41, 5.74) is 1.23. The van der Waals surface area contributed by atoms with E-state index in [0.717, 1.165) is 23.6 Å². The van der Waals surface area contributed by atoms with Gasteiger partial charge in [-0.3, -0.25) is 9.59 Å². The number of carbonyl (C=O) groups excluding carboxylic acids is 2. The molecule has 1 unspecified atom stereocenters. The van der Waals surface area contributed by atoms with Gasteiger partial charge in [0.15, 0.2) is 0 Å². The number of hydrogen-bond donors (Lipinski definition) is 2. The van der Waals surface area contributed by atoms with Gasteiger partial charge in [-0.05, 0) is 41.0 Å². The van der Waals surface area contributed by atoms with Crippen LogP contribution >= 0.6 is 0 Å². The maximum absolute atomic E-state index is 13.1. The molecule has 6 heteroatoms. The van der Waals surface area contributed by atoms with Crippen molar-refractivity contribution in [3.05, 3.63) is 83.4 Å². The summed E-state index contributed by atoms with van der Waals surface area (Å²) in [4.78, 5) is 27.6. The quantitative estimate of drug-likeness (QED) is 0.304. The van der Waals surface area contributed by atoms with Crippen molar-refractivity contribution in [1.29, 1.82) is 0 Å². The molecule has 0 aromatic heterocycles. The fourth-order valence-corrected chi connectivity index (χ4v) is 4.22. The van der Waals surface area contributed by atoms with Crippen molar-refractivity contribution < 1.29 is 24.5 Å². The van der Waals surface area contributed by atoms with E-state index < -0.39 is 17.7 Å². The SMILES string of the molecule is CCCCN1C(=O)C(=O)/C(=C(\O)c2ccc3ccccc3c2)C1c1cccc(OCCO)c1. The first-order valence-electron chi connectivity index (χ1n) is 11.2. The number of aliphatic hydroxyl groups is 2. The van der Waals surface area contributed by atoms with E-state index in [2.05, 4.69) is 0 Å². The van der Waals surface area contributed by atoms with Crippen LogP contribution in [0, 0.1) is 0 Å². The van der Waals surface area contributed by atoms with Crippen molar-refractivity contribution in [3.63, 3.8) is 0 Å². The minimum absolute atomic E-state index is 0.0747. The number of rotatable bonds is 8. The molecule has 2 N–H and O–H groups in total. The lowest BCUT2D eigenvalue weighted by molar-refractivity contribution is -0.139. The van der Waals surface area contributed by atoms with Crippen LogP contribution in [-0.2, 0) is 9.59 Å². The van der Waals surface area contributed by atoms with Gasteiger partial charge < -0.3 is 19.8 Å². The van der Waals surface area contributed by atoms with Gasteiger partial charge in [0.1, 0.15) is 18.1 Å². The Morgan fingerprint density at radius 3 is 2.55 bits per heavy atom. The first kappa shape index (κ1) is 22.6. The predicted octanol–water partition coefficient (Wildman–Crippen LogP) is 4.43. The second-order valence-corrected chi connectivity index (χ2v) is 8.05. The van der Waals surface area contributed by atoms with Gasteiger partial charge in [0.05, 0.1) is 18.2 Å². The number of unbranched alkanes of at least 4 members (excludes halogenated alkanes) is 1. The van der Waals surface area contributed by atoms with Gasteiger partial charge in [0, 0.05) is 12.1 Å². The molecule has 1 aliphatic rings. The number of benzene rings is 3. The monoisotopic (exact) mass is 445 g/mol. The summed E-state index contributed by atoms with van der Waals surface area (Å²) in [6.45, 7) is 2.43. The van der Waals surface area contributed by atoms with Crippen LogP contribution < -0.4 is 4.74 Å². The smallest absolute Gasteiger partial charge is 0.295 e. The van der Waals surface area contributed by atoms with Gasteiger partial charge in [0.25, 0.3) is 11.7 Å². The Kier molecular flexibility index (Phi) is 6.75. The minimum Gasteiger partial charge on any atom is -0.507 e. The molecular formula is C27H27NO5. The molecule has 0 bridgehead atoms. The van der Waals surface area contributed by atoms with Crippen LogP contribution in [0.1, 0.15) is 36.9 Å². The summed E-state index contributed by atoms with van der Waals surface area (Å²) in [7, 11) is 0. The zero-order chi connectivity index (χ0) is 23.4. The average molecular weight is 446 g/mol. The molecule has 1 atom stereocenters. The first-order chi connectivity index (χ1) is 16.0. The lowest BCUT2D eigenvalue weighted by atomic mass is 9.94. The summed E-state index contributed by atoms with van der Waals surface area (Å²) >= 11 is 0. The van der Waals surface area contributed by atoms with Crippen LogP contribution in [0.15, 0.2) is 72.3 Å². The zero-order valence-corrected chi connectivity index (χ0v) is 18.5. The summed E-state index contributed by atoms with van der Waals surface area (Å²) in [6, 6.07) is 19.6. The highest BCUT2D eigenvalue weighted by Gasteiger charge is 2.45. The topological polar surface area (TPSA) is 87.1 Å². The highest BCUT2D eigenvalue weighted by atomic mass is 16.5. The minimum atomic E-state index is -0.722. The molecule has 3 aromatic rings. The highest BCUT2D eigenvalue weighted by Crippen LogP contribution is 2.40. The molecule has 1 amide bonds. The molecule has 0 radical (unpaired) electrons. The third-order valence-corrected chi connectivity index (χ3v) is 5.85. The lowest BCUT2D eigenvalue weighted by Crippen LogP contribution is -2.30. The molecular weight excluding hydrogens is 418 g/mol. The Hall–Kier alpha value is -3.64. The fourth-order valence-electron chi connectivity index (χ4n) is 4.22. The molecule has 6 nitrogen and oxygen atoms in total. The zero-order valence-electron chi connectivity index (χ0n) is 18.5. The number of fused-ring (bicyclic) bond motifs is 1. The first-order valence-corrected chi connectivity index (χ1v) is 11.2. The number of likely N-dealkylation sites (tertiary alicyclic amines) is 1. The largest absolute Gasteiger partial charge is 0.507 e. The van der Waals surface area contributed by atoms with E-state index in [9.17, 15) is 14.7 Å². The van der Waals surface area contributed by atoms with Crippen molar-refractivity contribution in [2.45, 2.75) is 25.8 Å². The van der Waals surface area contributed by atoms with Gasteiger partial charge in [-0.25, -0.2) is 0 Å². The molecule has 0 aliphatic carbocycles. The van der Waals surface area contributed by atoms with E-state index in [1.807, 2.05) is 49.4 Å². The second-order valence-electron chi connectivity index (χ2n) is 8.05. The van der Waals surface area contributed by atoms with Gasteiger partial charge >= 0.3 is 0 Å². The normalized spacial score (nSPS) is 17.6.